The molecule has 0 spiro atoms. The number of amides is 2. The summed E-state index contributed by atoms with van der Waals surface area (Å²) in [5.41, 5.74) is 2.16. The maximum absolute atomic E-state index is 13.8. The summed E-state index contributed by atoms with van der Waals surface area (Å²) in [4.78, 5) is 28.3. The van der Waals surface area contributed by atoms with Crippen LogP contribution in [0.25, 0.3) is 0 Å². The molecular weight excluding hydrogens is 421 g/mol. The summed E-state index contributed by atoms with van der Waals surface area (Å²) in [6.07, 6.45) is 2.52. The van der Waals surface area contributed by atoms with Gasteiger partial charge in [-0.25, -0.2) is 4.39 Å². The van der Waals surface area contributed by atoms with Crippen LogP contribution in [-0.2, 0) is 17.9 Å². The molecule has 31 heavy (non-hydrogen) atoms. The molecule has 1 aromatic heterocycles. The normalized spacial score (nSPS) is 19.2. The topological polar surface area (TPSA) is 63.6 Å². The lowest BCUT2D eigenvalue weighted by molar-refractivity contribution is 0.0683. The van der Waals surface area contributed by atoms with E-state index in [-0.39, 0.29) is 24.5 Å². The second-order valence-corrected chi connectivity index (χ2v) is 8.59. The first-order chi connectivity index (χ1) is 14.9. The Labute approximate surface area is 186 Å². The van der Waals surface area contributed by atoms with Crippen molar-refractivity contribution in [1.29, 1.82) is 0 Å². The van der Waals surface area contributed by atoms with Gasteiger partial charge in [-0.1, -0.05) is 18.5 Å². The maximum atomic E-state index is 13.8. The van der Waals surface area contributed by atoms with Crippen LogP contribution < -0.4 is 5.32 Å². The highest BCUT2D eigenvalue weighted by Gasteiger charge is 2.32. The lowest BCUT2D eigenvalue weighted by Crippen LogP contribution is -2.35. The minimum Gasteiger partial charge on any atom is -0.373 e. The van der Waals surface area contributed by atoms with Crippen LogP contribution in [0, 0.1) is 5.82 Å². The second-order valence-electron chi connectivity index (χ2n) is 8.18. The van der Waals surface area contributed by atoms with Crippen molar-refractivity contribution in [2.75, 3.05) is 13.2 Å². The van der Waals surface area contributed by atoms with Crippen molar-refractivity contribution < 1.29 is 18.7 Å². The van der Waals surface area contributed by atoms with Gasteiger partial charge < -0.3 is 19.5 Å². The number of rotatable bonds is 5. The fourth-order valence-electron chi connectivity index (χ4n) is 4.50. The number of aromatic nitrogens is 1. The van der Waals surface area contributed by atoms with Gasteiger partial charge in [-0.15, -0.1) is 0 Å². The third-order valence-electron chi connectivity index (χ3n) is 6.23. The van der Waals surface area contributed by atoms with Crippen LogP contribution in [0.3, 0.4) is 0 Å². The van der Waals surface area contributed by atoms with Crippen LogP contribution in [0.1, 0.15) is 71.3 Å². The van der Waals surface area contributed by atoms with Gasteiger partial charge in [0, 0.05) is 24.2 Å². The number of carbonyl (C=O) groups is 2. The lowest BCUT2D eigenvalue weighted by Gasteiger charge is -2.24. The molecular formula is C23H27ClFN3O3. The minimum atomic E-state index is -0.450. The van der Waals surface area contributed by atoms with Gasteiger partial charge in [-0.05, 0) is 56.0 Å². The van der Waals surface area contributed by atoms with Crippen molar-refractivity contribution in [2.45, 2.75) is 58.3 Å². The third-order valence-corrected chi connectivity index (χ3v) is 6.58. The van der Waals surface area contributed by atoms with Crippen LogP contribution in [0.2, 0.25) is 5.02 Å². The van der Waals surface area contributed by atoms with Gasteiger partial charge in [0.1, 0.15) is 11.5 Å². The monoisotopic (exact) mass is 447 g/mol. The average molecular weight is 448 g/mol. The van der Waals surface area contributed by atoms with Gasteiger partial charge >= 0.3 is 0 Å². The van der Waals surface area contributed by atoms with Crippen molar-refractivity contribution in [3.8, 4) is 0 Å². The van der Waals surface area contributed by atoms with Gasteiger partial charge in [-0.2, -0.15) is 0 Å². The highest BCUT2D eigenvalue weighted by Crippen LogP contribution is 2.29. The summed E-state index contributed by atoms with van der Waals surface area (Å²) in [5.74, 6) is -0.781. The summed E-state index contributed by atoms with van der Waals surface area (Å²) in [7, 11) is 0. The standard InChI is InChI=1S/C23H27ClFN3O3/c1-3-19(16-11-15(25)6-7-18(16)24)26-22(29)17-12-20(28-9-10-31-13-21(17)28)23(30)27-8-4-5-14(27)2/h6-7,11-12,14,19H,3-5,8-10,13H2,1-2H3,(H,26,29)/t14-,19+/m0/s1. The predicted octanol–water partition coefficient (Wildman–Crippen LogP) is 4.32. The molecule has 0 bridgehead atoms. The van der Waals surface area contributed by atoms with E-state index in [4.69, 9.17) is 16.3 Å². The molecule has 0 unspecified atom stereocenters. The molecule has 6 nitrogen and oxygen atoms in total. The first-order valence-electron chi connectivity index (χ1n) is 10.8. The molecule has 0 aliphatic carbocycles. The van der Waals surface area contributed by atoms with E-state index < -0.39 is 11.9 Å². The molecule has 166 valence electrons. The summed E-state index contributed by atoms with van der Waals surface area (Å²) in [5, 5.41) is 3.36. The van der Waals surface area contributed by atoms with Crippen molar-refractivity contribution >= 4 is 23.4 Å². The summed E-state index contributed by atoms with van der Waals surface area (Å²) >= 11 is 6.25. The third kappa shape index (κ3) is 4.21. The van der Waals surface area contributed by atoms with E-state index in [2.05, 4.69) is 12.2 Å². The van der Waals surface area contributed by atoms with E-state index in [0.29, 0.717) is 47.1 Å². The number of benzene rings is 1. The first-order valence-corrected chi connectivity index (χ1v) is 11.2. The molecule has 1 N–H and O–H groups in total. The zero-order valence-electron chi connectivity index (χ0n) is 17.8. The fourth-order valence-corrected chi connectivity index (χ4v) is 4.75. The molecule has 4 rings (SSSR count). The quantitative estimate of drug-likeness (QED) is 0.742. The number of hydrogen-bond acceptors (Lipinski definition) is 3. The van der Waals surface area contributed by atoms with Gasteiger partial charge in [-0.3, -0.25) is 9.59 Å². The summed E-state index contributed by atoms with van der Waals surface area (Å²) in [6.45, 7) is 5.97. The highest BCUT2D eigenvalue weighted by atomic mass is 35.5. The molecule has 1 saturated heterocycles. The van der Waals surface area contributed by atoms with Gasteiger partial charge in [0.15, 0.2) is 0 Å². The molecule has 0 radical (unpaired) electrons. The van der Waals surface area contributed by atoms with Gasteiger partial charge in [0.2, 0.25) is 0 Å². The molecule has 2 aliphatic rings. The number of ether oxygens (including phenoxy) is 1. The number of hydrogen-bond donors (Lipinski definition) is 1. The average Bonchev–Trinajstić information content (AvgIpc) is 3.37. The van der Waals surface area contributed by atoms with Crippen molar-refractivity contribution in [1.82, 2.24) is 14.8 Å². The Morgan fingerprint density at radius 1 is 1.32 bits per heavy atom. The maximum Gasteiger partial charge on any atom is 0.270 e. The van der Waals surface area contributed by atoms with E-state index in [1.807, 2.05) is 16.4 Å². The largest absolute Gasteiger partial charge is 0.373 e. The number of carbonyl (C=O) groups excluding carboxylic acids is 2. The molecule has 2 atom stereocenters. The first kappa shape index (κ1) is 21.8. The lowest BCUT2D eigenvalue weighted by atomic mass is 10.0. The molecule has 2 amide bonds. The summed E-state index contributed by atoms with van der Waals surface area (Å²) < 4.78 is 21.3. The molecule has 1 fully saturated rings. The molecule has 1 aromatic carbocycles. The van der Waals surface area contributed by atoms with Crippen molar-refractivity contribution in [2.24, 2.45) is 0 Å². The van der Waals surface area contributed by atoms with E-state index >= 15 is 0 Å². The van der Waals surface area contributed by atoms with Crippen LogP contribution in [0.5, 0.6) is 0 Å². The number of nitrogens with zero attached hydrogens (tertiary/aromatic N) is 2. The fraction of sp³-hybridized carbons (Fsp3) is 0.478. The summed E-state index contributed by atoms with van der Waals surface area (Å²) in [6, 6.07) is 5.54. The number of nitrogens with one attached hydrogen (secondary N) is 1. The Bertz CT molecular complexity index is 1010. The van der Waals surface area contributed by atoms with Gasteiger partial charge in [0.25, 0.3) is 11.8 Å². The smallest absolute Gasteiger partial charge is 0.270 e. The van der Waals surface area contributed by atoms with Gasteiger partial charge in [0.05, 0.1) is 30.5 Å². The Morgan fingerprint density at radius 3 is 2.84 bits per heavy atom. The highest BCUT2D eigenvalue weighted by molar-refractivity contribution is 6.31. The molecule has 2 aliphatic heterocycles. The number of likely N-dealkylation sites (tertiary alicyclic amines) is 1. The van der Waals surface area contributed by atoms with Crippen LogP contribution >= 0.6 is 11.6 Å². The predicted molar refractivity (Wildman–Crippen MR) is 116 cm³/mol. The van der Waals surface area contributed by atoms with E-state index in [1.54, 1.807) is 6.07 Å². The molecule has 2 aromatic rings. The van der Waals surface area contributed by atoms with E-state index in [0.717, 1.165) is 19.4 Å². The SMILES string of the molecule is CC[C@@H](NC(=O)c1cc(C(=O)N2CCC[C@@H]2C)n2c1COCC2)c1cc(F)ccc1Cl. The Morgan fingerprint density at radius 2 is 2.13 bits per heavy atom. The van der Waals surface area contributed by atoms with Crippen LogP contribution in [-0.4, -0.2) is 40.5 Å². The van der Waals surface area contributed by atoms with Crippen LogP contribution in [0.4, 0.5) is 4.39 Å². The zero-order valence-corrected chi connectivity index (χ0v) is 18.5. The second kappa shape index (κ2) is 9.01. The minimum absolute atomic E-state index is 0.0487. The molecule has 0 saturated carbocycles. The van der Waals surface area contributed by atoms with E-state index in [9.17, 15) is 14.0 Å². The molecule has 8 heteroatoms. The Balaban J connectivity index is 1.64. The molecule has 3 heterocycles. The number of fused-ring (bicyclic) bond motifs is 1. The number of halogens is 2. The van der Waals surface area contributed by atoms with E-state index in [1.165, 1.54) is 18.2 Å². The Kier molecular flexibility index (Phi) is 6.34. The Hall–Kier alpha value is -2.38. The van der Waals surface area contributed by atoms with Crippen LogP contribution in [0.15, 0.2) is 24.3 Å². The van der Waals surface area contributed by atoms with Crippen molar-refractivity contribution in [3.05, 3.63) is 57.6 Å². The van der Waals surface area contributed by atoms with Crippen molar-refractivity contribution in [3.63, 3.8) is 0 Å². The zero-order chi connectivity index (χ0) is 22.1.